The van der Waals surface area contributed by atoms with E-state index in [0.29, 0.717) is 16.6 Å². The quantitative estimate of drug-likeness (QED) is 0.810. The van der Waals surface area contributed by atoms with Crippen LogP contribution in [0, 0.1) is 11.7 Å². The number of nitrogens with zero attached hydrogens (tertiary/aromatic N) is 2. The van der Waals surface area contributed by atoms with Crippen molar-refractivity contribution in [3.05, 3.63) is 40.5 Å². The van der Waals surface area contributed by atoms with Crippen LogP contribution in [0.15, 0.2) is 28.9 Å². The lowest BCUT2D eigenvalue weighted by atomic mass is 10.0. The maximum absolute atomic E-state index is 13.8. The Bertz CT molecular complexity index is 776. The minimum atomic E-state index is -0.504. The summed E-state index contributed by atoms with van der Waals surface area (Å²) in [5, 5.41) is 0. The zero-order valence-corrected chi connectivity index (χ0v) is 15.9. The van der Waals surface area contributed by atoms with Crippen molar-refractivity contribution in [3.63, 3.8) is 0 Å². The molecule has 0 saturated carbocycles. The number of hydrogen-bond donors (Lipinski definition) is 2. The molecule has 3 N–H and O–H groups in total. The highest BCUT2D eigenvalue weighted by Gasteiger charge is 2.35. The number of aromatic nitrogens is 2. The zero-order valence-electron chi connectivity index (χ0n) is 14.3. The second-order valence-corrected chi connectivity index (χ2v) is 7.62. The maximum Gasteiger partial charge on any atom is 0.240 e. The van der Waals surface area contributed by atoms with Crippen molar-refractivity contribution in [3.8, 4) is 11.3 Å². The van der Waals surface area contributed by atoms with Gasteiger partial charge in [0.25, 0.3) is 0 Å². The number of likely N-dealkylation sites (tertiary alicyclic amines) is 1. The molecule has 3 rings (SSSR count). The number of nitrogens with two attached hydrogens (primary N) is 1. The van der Waals surface area contributed by atoms with Crippen molar-refractivity contribution >= 4 is 21.8 Å². The fourth-order valence-electron chi connectivity index (χ4n) is 3.11. The third-order valence-electron chi connectivity index (χ3n) is 4.68. The molecule has 2 heterocycles. The van der Waals surface area contributed by atoms with Gasteiger partial charge in [0.05, 0.1) is 28.4 Å². The van der Waals surface area contributed by atoms with E-state index < -0.39 is 6.04 Å². The largest absolute Gasteiger partial charge is 0.340 e. The van der Waals surface area contributed by atoms with E-state index in [0.717, 1.165) is 24.4 Å². The van der Waals surface area contributed by atoms with Crippen LogP contribution in [0.3, 0.4) is 0 Å². The summed E-state index contributed by atoms with van der Waals surface area (Å²) < 4.78 is 14.2. The summed E-state index contributed by atoms with van der Waals surface area (Å²) in [6.07, 6.45) is 3.45. The molecule has 0 aliphatic carbocycles. The topological polar surface area (TPSA) is 75.0 Å². The molecule has 0 unspecified atom stereocenters. The van der Waals surface area contributed by atoms with Gasteiger partial charge in [-0.3, -0.25) is 4.79 Å². The first-order valence-electron chi connectivity index (χ1n) is 8.45. The first-order chi connectivity index (χ1) is 11.9. The SMILES string of the molecule is CC(C)[C@H](N)C(=O)N1CCC[C@H]1c1ncc(-c2ccc(Br)c(F)c2)[nH]1. The van der Waals surface area contributed by atoms with Crippen molar-refractivity contribution in [1.29, 1.82) is 0 Å². The number of hydrogen-bond acceptors (Lipinski definition) is 3. The van der Waals surface area contributed by atoms with Gasteiger partial charge in [-0.1, -0.05) is 19.9 Å². The number of carbonyl (C=O) groups excluding carboxylic acids is 1. The molecule has 25 heavy (non-hydrogen) atoms. The molecule has 0 radical (unpaired) electrons. The van der Waals surface area contributed by atoms with Crippen molar-refractivity contribution in [2.75, 3.05) is 6.54 Å². The number of halogens is 2. The Morgan fingerprint density at radius 3 is 2.92 bits per heavy atom. The molecular formula is C18H22BrFN4O. The first-order valence-corrected chi connectivity index (χ1v) is 9.24. The maximum atomic E-state index is 13.8. The van der Waals surface area contributed by atoms with Gasteiger partial charge in [-0.25, -0.2) is 9.37 Å². The summed E-state index contributed by atoms with van der Waals surface area (Å²) in [6.45, 7) is 4.58. The predicted molar refractivity (Wildman–Crippen MR) is 98.2 cm³/mol. The van der Waals surface area contributed by atoms with Gasteiger partial charge in [-0.2, -0.15) is 0 Å². The van der Waals surface area contributed by atoms with Crippen LogP contribution in [0.2, 0.25) is 0 Å². The summed E-state index contributed by atoms with van der Waals surface area (Å²) >= 11 is 3.15. The lowest BCUT2D eigenvalue weighted by Crippen LogP contribution is -2.46. The highest BCUT2D eigenvalue weighted by molar-refractivity contribution is 9.10. The molecular weight excluding hydrogens is 387 g/mol. The van der Waals surface area contributed by atoms with E-state index in [1.54, 1.807) is 12.3 Å². The van der Waals surface area contributed by atoms with Crippen LogP contribution in [0.4, 0.5) is 4.39 Å². The summed E-state index contributed by atoms with van der Waals surface area (Å²) in [7, 11) is 0. The number of amides is 1. The molecule has 1 aromatic carbocycles. The molecule has 1 aliphatic heterocycles. The third kappa shape index (κ3) is 3.62. The van der Waals surface area contributed by atoms with Gasteiger partial charge in [0.2, 0.25) is 5.91 Å². The average Bonchev–Trinajstić information content (AvgIpc) is 3.24. The van der Waals surface area contributed by atoms with Gasteiger partial charge >= 0.3 is 0 Å². The monoisotopic (exact) mass is 408 g/mol. The van der Waals surface area contributed by atoms with Gasteiger partial charge < -0.3 is 15.6 Å². The van der Waals surface area contributed by atoms with E-state index in [-0.39, 0.29) is 23.7 Å². The molecule has 134 valence electrons. The Hall–Kier alpha value is -1.73. The Morgan fingerprint density at radius 2 is 2.24 bits per heavy atom. The summed E-state index contributed by atoms with van der Waals surface area (Å²) in [5.74, 6) is 0.450. The molecule has 0 spiro atoms. The highest BCUT2D eigenvalue weighted by Crippen LogP contribution is 2.32. The van der Waals surface area contributed by atoms with Crippen LogP contribution >= 0.6 is 15.9 Å². The first kappa shape index (κ1) is 18.1. The molecule has 1 aromatic heterocycles. The van der Waals surface area contributed by atoms with Crippen LogP contribution in [0.1, 0.15) is 38.6 Å². The molecule has 2 atom stereocenters. The fraction of sp³-hybridized carbons (Fsp3) is 0.444. The summed E-state index contributed by atoms with van der Waals surface area (Å²) in [4.78, 5) is 22.1. The molecule has 5 nitrogen and oxygen atoms in total. The van der Waals surface area contributed by atoms with Crippen molar-refractivity contribution in [2.24, 2.45) is 11.7 Å². The van der Waals surface area contributed by atoms with E-state index in [1.165, 1.54) is 6.07 Å². The van der Waals surface area contributed by atoms with E-state index in [4.69, 9.17) is 5.73 Å². The highest BCUT2D eigenvalue weighted by atomic mass is 79.9. The third-order valence-corrected chi connectivity index (χ3v) is 5.32. The fourth-order valence-corrected chi connectivity index (χ4v) is 3.35. The smallest absolute Gasteiger partial charge is 0.240 e. The van der Waals surface area contributed by atoms with Crippen LogP contribution in [-0.2, 0) is 4.79 Å². The lowest BCUT2D eigenvalue weighted by molar-refractivity contribution is -0.134. The van der Waals surface area contributed by atoms with Crippen LogP contribution in [-0.4, -0.2) is 33.4 Å². The van der Waals surface area contributed by atoms with Crippen molar-refractivity contribution in [1.82, 2.24) is 14.9 Å². The number of rotatable bonds is 4. The van der Waals surface area contributed by atoms with Crippen molar-refractivity contribution < 1.29 is 9.18 Å². The van der Waals surface area contributed by atoms with E-state index in [9.17, 15) is 9.18 Å². The number of benzene rings is 1. The Balaban J connectivity index is 1.83. The lowest BCUT2D eigenvalue weighted by Gasteiger charge is -2.27. The molecule has 1 saturated heterocycles. The molecule has 1 aliphatic rings. The average molecular weight is 409 g/mol. The second kappa shape index (κ2) is 7.25. The van der Waals surface area contributed by atoms with Crippen molar-refractivity contribution in [2.45, 2.75) is 38.8 Å². The Morgan fingerprint density at radius 1 is 1.48 bits per heavy atom. The van der Waals surface area contributed by atoms with Gasteiger partial charge in [0, 0.05) is 12.1 Å². The minimum absolute atomic E-state index is 0.0369. The normalized spacial score (nSPS) is 18.8. The van der Waals surface area contributed by atoms with Gasteiger partial charge in [-0.15, -0.1) is 0 Å². The van der Waals surface area contributed by atoms with Gasteiger partial charge in [0.15, 0.2) is 0 Å². The molecule has 1 fully saturated rings. The number of imidazole rings is 1. The summed E-state index contributed by atoms with van der Waals surface area (Å²) in [6, 6.07) is 4.32. The standard InChI is InChI=1S/C18H22BrFN4O/c1-10(2)16(21)18(25)24-7-3-4-15(24)17-22-9-14(23-17)11-5-6-12(19)13(20)8-11/h5-6,8-10,15-16H,3-4,7,21H2,1-2H3,(H,22,23)/t15-,16-/m0/s1. The minimum Gasteiger partial charge on any atom is -0.340 e. The van der Waals surface area contributed by atoms with Crippen LogP contribution in [0.25, 0.3) is 11.3 Å². The molecule has 2 aromatic rings. The Kier molecular flexibility index (Phi) is 5.24. The predicted octanol–water partition coefficient (Wildman–Crippen LogP) is 3.63. The van der Waals surface area contributed by atoms with E-state index in [1.807, 2.05) is 24.8 Å². The number of aromatic amines is 1. The van der Waals surface area contributed by atoms with E-state index >= 15 is 0 Å². The second-order valence-electron chi connectivity index (χ2n) is 6.77. The number of carbonyl (C=O) groups is 1. The Labute approximate surface area is 154 Å². The van der Waals surface area contributed by atoms with Crippen LogP contribution < -0.4 is 5.73 Å². The zero-order chi connectivity index (χ0) is 18.1. The van der Waals surface area contributed by atoms with Gasteiger partial charge in [0.1, 0.15) is 11.6 Å². The molecule has 1 amide bonds. The number of nitrogens with one attached hydrogen (secondary N) is 1. The molecule has 0 bridgehead atoms. The van der Waals surface area contributed by atoms with Gasteiger partial charge in [-0.05, 0) is 46.8 Å². The summed E-state index contributed by atoms with van der Waals surface area (Å²) in [5.41, 5.74) is 7.49. The van der Waals surface area contributed by atoms with Crippen LogP contribution in [0.5, 0.6) is 0 Å². The number of H-pyrrole nitrogens is 1. The molecule has 7 heteroatoms. The van der Waals surface area contributed by atoms with E-state index in [2.05, 4.69) is 25.9 Å².